The SMILES string of the molecule is CN(C)c1ccc(C(c2ccc(N(C)C)cc2)[n+]2cc3c4c(c2)N(C)CCN4CCN3C)cc1. The predicted octanol–water partition coefficient (Wildman–Crippen LogP) is 3.45. The minimum absolute atomic E-state index is 0.0908. The summed E-state index contributed by atoms with van der Waals surface area (Å²) in [5.41, 5.74) is 9.01. The Morgan fingerprint density at radius 1 is 0.647 bits per heavy atom. The lowest BCUT2D eigenvalue weighted by molar-refractivity contribution is -0.703. The highest BCUT2D eigenvalue weighted by atomic mass is 15.3. The second-order valence-electron chi connectivity index (χ2n) is 10.0. The van der Waals surface area contributed by atoms with E-state index in [0.29, 0.717) is 0 Å². The van der Waals surface area contributed by atoms with Crippen LogP contribution in [0.25, 0.3) is 0 Å². The molecule has 178 valence electrons. The Kier molecular flexibility index (Phi) is 5.76. The summed E-state index contributed by atoms with van der Waals surface area (Å²) in [6.07, 6.45) is 4.71. The zero-order valence-electron chi connectivity index (χ0n) is 21.4. The van der Waals surface area contributed by atoms with Gasteiger partial charge in [0, 0.05) is 91.0 Å². The molecule has 5 rings (SSSR count). The summed E-state index contributed by atoms with van der Waals surface area (Å²) in [5, 5.41) is 0. The number of likely N-dealkylation sites (N-methyl/N-ethyl adjacent to an activating group) is 2. The van der Waals surface area contributed by atoms with Crippen LogP contribution in [0, 0.1) is 0 Å². The summed E-state index contributed by atoms with van der Waals surface area (Å²) in [4.78, 5) is 11.7. The van der Waals surface area contributed by atoms with E-state index in [1.165, 1.54) is 39.6 Å². The number of pyridine rings is 1. The summed E-state index contributed by atoms with van der Waals surface area (Å²) >= 11 is 0. The topological polar surface area (TPSA) is 20.1 Å². The summed E-state index contributed by atoms with van der Waals surface area (Å²) in [5.74, 6) is 0. The van der Waals surface area contributed by atoms with Crippen LogP contribution < -0.4 is 29.1 Å². The summed E-state index contributed by atoms with van der Waals surface area (Å²) in [6.45, 7) is 4.30. The quantitative estimate of drug-likeness (QED) is 0.545. The highest BCUT2D eigenvalue weighted by molar-refractivity contribution is 5.85. The molecule has 0 N–H and O–H groups in total. The van der Waals surface area contributed by atoms with Crippen molar-refractivity contribution in [2.45, 2.75) is 6.04 Å². The molecule has 6 nitrogen and oxygen atoms in total. The van der Waals surface area contributed by atoms with Gasteiger partial charge in [0.1, 0.15) is 11.4 Å². The largest absolute Gasteiger partial charge is 0.378 e. The Labute approximate surface area is 204 Å². The van der Waals surface area contributed by atoms with Gasteiger partial charge >= 0.3 is 0 Å². The van der Waals surface area contributed by atoms with Gasteiger partial charge in [0.05, 0.1) is 5.69 Å². The first-order valence-electron chi connectivity index (χ1n) is 12.1. The standard InChI is InChI=1S/C28H37N6/c1-29(2)23-11-7-21(8-12-23)27(22-9-13-24(14-10-22)30(3)4)34-19-25-28-26(20-34)32(6)16-18-33(28)17-15-31(25)5/h7-14,19-20,27H,15-18H2,1-6H3/q+1. The Morgan fingerprint density at radius 2 is 1.06 bits per heavy atom. The van der Waals surface area contributed by atoms with Gasteiger partial charge in [-0.1, -0.05) is 0 Å². The lowest BCUT2D eigenvalue weighted by Crippen LogP contribution is -2.50. The van der Waals surface area contributed by atoms with Crippen molar-refractivity contribution in [3.8, 4) is 0 Å². The third-order valence-electron chi connectivity index (χ3n) is 7.33. The van der Waals surface area contributed by atoms with Crippen LogP contribution in [0.3, 0.4) is 0 Å². The molecule has 0 radical (unpaired) electrons. The molecule has 0 aliphatic carbocycles. The first-order valence-corrected chi connectivity index (χ1v) is 12.1. The number of hydrogen-bond acceptors (Lipinski definition) is 5. The Balaban J connectivity index is 1.67. The van der Waals surface area contributed by atoms with E-state index in [1.807, 2.05) is 0 Å². The van der Waals surface area contributed by atoms with Crippen molar-refractivity contribution >= 4 is 28.4 Å². The minimum atomic E-state index is 0.0908. The van der Waals surface area contributed by atoms with E-state index >= 15 is 0 Å². The highest BCUT2D eigenvalue weighted by Crippen LogP contribution is 2.42. The number of rotatable bonds is 5. The van der Waals surface area contributed by atoms with Crippen molar-refractivity contribution in [2.75, 3.05) is 93.0 Å². The van der Waals surface area contributed by atoms with Crippen LogP contribution in [-0.2, 0) is 0 Å². The van der Waals surface area contributed by atoms with Gasteiger partial charge in [-0.3, -0.25) is 0 Å². The molecule has 34 heavy (non-hydrogen) atoms. The van der Waals surface area contributed by atoms with Crippen molar-refractivity contribution < 1.29 is 4.57 Å². The van der Waals surface area contributed by atoms with E-state index in [2.05, 4.69) is 132 Å². The molecule has 2 aliphatic rings. The van der Waals surface area contributed by atoms with Crippen LogP contribution in [0.4, 0.5) is 28.4 Å². The van der Waals surface area contributed by atoms with E-state index < -0.39 is 0 Å². The van der Waals surface area contributed by atoms with Gasteiger partial charge in [0.25, 0.3) is 0 Å². The monoisotopic (exact) mass is 457 g/mol. The molecule has 2 aliphatic heterocycles. The molecule has 3 heterocycles. The average Bonchev–Trinajstić information content (AvgIpc) is 2.84. The smallest absolute Gasteiger partial charge is 0.209 e. The van der Waals surface area contributed by atoms with Crippen LogP contribution in [0.1, 0.15) is 17.2 Å². The third-order valence-corrected chi connectivity index (χ3v) is 7.33. The van der Waals surface area contributed by atoms with Gasteiger partial charge in [-0.05, 0) is 48.5 Å². The molecule has 0 spiro atoms. The molecule has 0 atom stereocenters. The van der Waals surface area contributed by atoms with Crippen LogP contribution in [-0.4, -0.2) is 68.5 Å². The molecule has 0 saturated heterocycles. The first-order chi connectivity index (χ1) is 16.3. The van der Waals surface area contributed by atoms with Crippen molar-refractivity contribution in [1.82, 2.24) is 0 Å². The fourth-order valence-corrected chi connectivity index (χ4v) is 5.17. The number of hydrogen-bond donors (Lipinski definition) is 0. The Bertz CT molecular complexity index is 1070. The number of nitrogens with zero attached hydrogens (tertiary/aromatic N) is 6. The van der Waals surface area contributed by atoms with E-state index in [1.54, 1.807) is 0 Å². The van der Waals surface area contributed by atoms with Gasteiger partial charge in [-0.15, -0.1) is 0 Å². The average molecular weight is 458 g/mol. The molecule has 0 fully saturated rings. The summed E-state index contributed by atoms with van der Waals surface area (Å²) < 4.78 is 2.42. The van der Waals surface area contributed by atoms with Crippen LogP contribution >= 0.6 is 0 Å². The molecule has 3 aromatic rings. The van der Waals surface area contributed by atoms with Gasteiger partial charge < -0.3 is 24.5 Å². The van der Waals surface area contributed by atoms with Gasteiger partial charge in [0.15, 0.2) is 12.4 Å². The fourth-order valence-electron chi connectivity index (χ4n) is 5.17. The number of anilines is 5. The maximum atomic E-state index is 2.56. The maximum absolute atomic E-state index is 2.56. The molecular formula is C28H37N6+. The van der Waals surface area contributed by atoms with Crippen LogP contribution in [0.15, 0.2) is 60.9 Å². The predicted molar refractivity (Wildman–Crippen MR) is 144 cm³/mol. The van der Waals surface area contributed by atoms with Gasteiger partial charge in [-0.25, -0.2) is 0 Å². The zero-order chi connectivity index (χ0) is 24.0. The summed E-state index contributed by atoms with van der Waals surface area (Å²) in [6, 6.07) is 18.1. The van der Waals surface area contributed by atoms with Crippen molar-refractivity contribution in [1.29, 1.82) is 0 Å². The van der Waals surface area contributed by atoms with Crippen molar-refractivity contribution in [2.24, 2.45) is 0 Å². The van der Waals surface area contributed by atoms with Crippen molar-refractivity contribution in [3.63, 3.8) is 0 Å². The molecule has 1 aromatic heterocycles. The number of aromatic nitrogens is 1. The molecule has 0 bridgehead atoms. The van der Waals surface area contributed by atoms with Crippen molar-refractivity contribution in [3.05, 3.63) is 72.1 Å². The normalized spacial score (nSPS) is 15.0. The molecule has 0 unspecified atom stereocenters. The fraction of sp³-hybridized carbons (Fsp3) is 0.393. The van der Waals surface area contributed by atoms with Crippen LogP contribution in [0.2, 0.25) is 0 Å². The van der Waals surface area contributed by atoms with Crippen LogP contribution in [0.5, 0.6) is 0 Å². The first kappa shape index (κ1) is 22.4. The molecule has 0 saturated carbocycles. The van der Waals surface area contributed by atoms with Gasteiger partial charge in [-0.2, -0.15) is 4.57 Å². The second-order valence-corrected chi connectivity index (χ2v) is 10.0. The molecule has 0 amide bonds. The van der Waals surface area contributed by atoms with E-state index in [9.17, 15) is 0 Å². The third kappa shape index (κ3) is 3.91. The lowest BCUT2D eigenvalue weighted by atomic mass is 9.97. The molecule has 2 aromatic carbocycles. The lowest BCUT2D eigenvalue weighted by Gasteiger charge is -2.42. The Hall–Kier alpha value is -3.41. The van der Waals surface area contributed by atoms with E-state index in [4.69, 9.17) is 0 Å². The number of benzene rings is 2. The zero-order valence-corrected chi connectivity index (χ0v) is 21.4. The van der Waals surface area contributed by atoms with E-state index in [0.717, 1.165) is 26.2 Å². The Morgan fingerprint density at radius 3 is 1.44 bits per heavy atom. The second kappa shape index (κ2) is 8.75. The maximum Gasteiger partial charge on any atom is 0.209 e. The minimum Gasteiger partial charge on any atom is -0.378 e. The highest BCUT2D eigenvalue weighted by Gasteiger charge is 2.35. The van der Waals surface area contributed by atoms with Gasteiger partial charge in [0.2, 0.25) is 6.04 Å². The molecule has 6 heteroatoms. The molecular weight excluding hydrogens is 420 g/mol. The summed E-state index contributed by atoms with van der Waals surface area (Å²) in [7, 11) is 12.8. The van der Waals surface area contributed by atoms with E-state index in [-0.39, 0.29) is 6.04 Å².